The zero-order valence-electron chi connectivity index (χ0n) is 16.6. The zero-order chi connectivity index (χ0) is 21.5. The van der Waals surface area contributed by atoms with Crippen LogP contribution in [0.4, 0.5) is 5.69 Å². The summed E-state index contributed by atoms with van der Waals surface area (Å²) in [5.41, 5.74) is 4.35. The Hall–Kier alpha value is -2.89. The Morgan fingerprint density at radius 3 is 1.90 bits per heavy atom. The number of benzene rings is 3. The minimum Gasteiger partial charge on any atom is -0.545 e. The first-order valence-electron chi connectivity index (χ1n) is 9.64. The van der Waals surface area contributed by atoms with Crippen LogP contribution in [0.25, 0.3) is 0 Å². The van der Waals surface area contributed by atoms with Crippen molar-refractivity contribution in [2.75, 3.05) is 5.32 Å². The average molecular weight is 438 g/mol. The van der Waals surface area contributed by atoms with Crippen LogP contribution in [0, 0.1) is 0 Å². The fourth-order valence-corrected chi connectivity index (χ4v) is 3.38. The maximum atomic E-state index is 11.0. The van der Waals surface area contributed by atoms with Crippen LogP contribution in [0.5, 0.6) is 0 Å². The van der Waals surface area contributed by atoms with Gasteiger partial charge in [-0.15, -0.1) is 0 Å². The van der Waals surface area contributed by atoms with Gasteiger partial charge < -0.3 is 20.1 Å². The third-order valence-electron chi connectivity index (χ3n) is 4.75. The van der Waals surface area contributed by atoms with E-state index >= 15 is 0 Å². The van der Waals surface area contributed by atoms with Gasteiger partial charge in [0.15, 0.2) is 5.11 Å². The fraction of sp³-hybridized carbons (Fsp3) is 0.167. The molecule has 154 valence electrons. The first-order valence-corrected chi connectivity index (χ1v) is 10.4. The second-order valence-corrected chi connectivity index (χ2v) is 7.77. The Morgan fingerprint density at radius 2 is 1.40 bits per heavy atom. The molecule has 0 amide bonds. The molecule has 3 aromatic rings. The highest BCUT2D eigenvalue weighted by Gasteiger charge is 2.12. The summed E-state index contributed by atoms with van der Waals surface area (Å²) in [7, 11) is 0. The number of aryl methyl sites for hydroxylation is 1. The number of carbonyl (C=O) groups excluding carboxylic acids is 1. The molecule has 0 aliphatic heterocycles. The van der Waals surface area contributed by atoms with Crippen molar-refractivity contribution < 1.29 is 9.90 Å². The van der Waals surface area contributed by atoms with Crippen molar-refractivity contribution in [3.05, 3.63) is 100 Å². The number of rotatable bonds is 7. The van der Waals surface area contributed by atoms with Crippen molar-refractivity contribution in [1.29, 1.82) is 0 Å². The van der Waals surface area contributed by atoms with Gasteiger partial charge in [0.2, 0.25) is 0 Å². The van der Waals surface area contributed by atoms with Crippen molar-refractivity contribution in [3.63, 3.8) is 0 Å². The summed E-state index contributed by atoms with van der Waals surface area (Å²) < 4.78 is 0. The number of hydrogen-bond donors (Lipinski definition) is 1. The molecule has 0 aliphatic rings. The molecule has 0 saturated heterocycles. The average Bonchev–Trinajstić information content (AvgIpc) is 2.75. The van der Waals surface area contributed by atoms with E-state index in [2.05, 4.69) is 24.4 Å². The highest BCUT2D eigenvalue weighted by Crippen LogP contribution is 2.17. The summed E-state index contributed by atoms with van der Waals surface area (Å²) in [6, 6.07) is 22.5. The molecule has 0 aromatic heterocycles. The first-order chi connectivity index (χ1) is 14.4. The van der Waals surface area contributed by atoms with Crippen molar-refractivity contribution in [2.45, 2.75) is 26.4 Å². The van der Waals surface area contributed by atoms with Crippen LogP contribution in [0.1, 0.15) is 34.0 Å². The van der Waals surface area contributed by atoms with Crippen LogP contribution >= 0.6 is 23.8 Å². The normalized spacial score (nSPS) is 10.5. The number of carboxylic acid groups (broad SMARTS) is 1. The molecule has 0 atom stereocenters. The standard InChI is InChI=1S/C24H23ClN2O2S/c1-2-17-7-13-22(14-8-17)26-24(30)27(16-19-5-11-21(25)12-6-19)15-18-3-9-20(10-4-18)23(28)29/h3-14H,2,15-16H2,1H3,(H,26,30)(H,28,29)/p-1. The van der Waals surface area contributed by atoms with Gasteiger partial charge in [-0.3, -0.25) is 0 Å². The predicted octanol–water partition coefficient (Wildman–Crippen LogP) is 4.67. The van der Waals surface area contributed by atoms with Crippen LogP contribution in [-0.4, -0.2) is 16.0 Å². The van der Waals surface area contributed by atoms with E-state index < -0.39 is 5.97 Å². The Kier molecular flexibility index (Phi) is 7.44. The lowest BCUT2D eigenvalue weighted by molar-refractivity contribution is -0.255. The number of nitrogens with one attached hydrogen (secondary N) is 1. The third kappa shape index (κ3) is 6.05. The number of aromatic carboxylic acids is 1. The van der Waals surface area contributed by atoms with Gasteiger partial charge in [-0.2, -0.15) is 0 Å². The van der Waals surface area contributed by atoms with E-state index in [-0.39, 0.29) is 5.56 Å². The predicted molar refractivity (Wildman–Crippen MR) is 124 cm³/mol. The molecule has 0 aliphatic carbocycles. The van der Waals surface area contributed by atoms with E-state index in [1.165, 1.54) is 5.56 Å². The summed E-state index contributed by atoms with van der Waals surface area (Å²) in [4.78, 5) is 13.0. The Bertz CT molecular complexity index is 1000. The molecule has 0 heterocycles. The van der Waals surface area contributed by atoms with Gasteiger partial charge in [-0.1, -0.05) is 67.1 Å². The van der Waals surface area contributed by atoms with Gasteiger partial charge in [0, 0.05) is 23.8 Å². The lowest BCUT2D eigenvalue weighted by Gasteiger charge is -2.26. The molecule has 4 nitrogen and oxygen atoms in total. The number of anilines is 1. The van der Waals surface area contributed by atoms with Crippen LogP contribution < -0.4 is 10.4 Å². The lowest BCUT2D eigenvalue weighted by Crippen LogP contribution is -2.33. The number of thiocarbonyl (C=S) groups is 1. The Labute approximate surface area is 187 Å². The second-order valence-electron chi connectivity index (χ2n) is 6.95. The van der Waals surface area contributed by atoms with Crippen molar-refractivity contribution >= 4 is 40.6 Å². The van der Waals surface area contributed by atoms with Crippen LogP contribution in [0.3, 0.4) is 0 Å². The van der Waals surface area contributed by atoms with E-state index in [1.54, 1.807) is 24.3 Å². The lowest BCUT2D eigenvalue weighted by atomic mass is 10.1. The van der Waals surface area contributed by atoms with Crippen molar-refractivity contribution in [2.24, 2.45) is 0 Å². The molecule has 0 unspecified atom stereocenters. The number of nitrogens with zero attached hydrogens (tertiary/aromatic N) is 1. The third-order valence-corrected chi connectivity index (χ3v) is 5.36. The largest absolute Gasteiger partial charge is 0.545 e. The van der Waals surface area contributed by atoms with Gasteiger partial charge in [-0.05, 0) is 65.2 Å². The second kappa shape index (κ2) is 10.2. The highest BCUT2D eigenvalue weighted by molar-refractivity contribution is 7.80. The molecule has 3 rings (SSSR count). The minimum atomic E-state index is -1.19. The number of hydrogen-bond acceptors (Lipinski definition) is 3. The van der Waals surface area contributed by atoms with Crippen LogP contribution in [-0.2, 0) is 19.5 Å². The summed E-state index contributed by atoms with van der Waals surface area (Å²) in [5.74, 6) is -1.19. The SMILES string of the molecule is CCc1ccc(NC(=S)N(Cc2ccc(Cl)cc2)Cc2ccc(C(=O)[O-])cc2)cc1. The fourth-order valence-electron chi connectivity index (χ4n) is 3.00. The van der Waals surface area contributed by atoms with Crippen molar-refractivity contribution in [3.8, 4) is 0 Å². The van der Waals surface area contributed by atoms with Gasteiger partial charge >= 0.3 is 0 Å². The molecule has 6 heteroatoms. The smallest absolute Gasteiger partial charge is 0.174 e. The van der Waals surface area contributed by atoms with E-state index in [1.807, 2.05) is 41.3 Å². The van der Waals surface area contributed by atoms with Gasteiger partial charge in [0.25, 0.3) is 0 Å². The van der Waals surface area contributed by atoms with E-state index in [9.17, 15) is 9.90 Å². The quantitative estimate of drug-likeness (QED) is 0.544. The van der Waals surface area contributed by atoms with E-state index in [0.717, 1.165) is 23.2 Å². The highest BCUT2D eigenvalue weighted by atomic mass is 35.5. The molecule has 0 spiro atoms. The summed E-state index contributed by atoms with van der Waals surface area (Å²) in [5, 5.41) is 15.6. The summed E-state index contributed by atoms with van der Waals surface area (Å²) in [6.07, 6.45) is 0.981. The summed E-state index contributed by atoms with van der Waals surface area (Å²) in [6.45, 7) is 3.22. The molecular weight excluding hydrogens is 416 g/mol. The topological polar surface area (TPSA) is 55.4 Å². The maximum Gasteiger partial charge on any atom is 0.174 e. The molecule has 30 heavy (non-hydrogen) atoms. The molecule has 1 N–H and O–H groups in total. The zero-order valence-corrected chi connectivity index (χ0v) is 18.2. The van der Waals surface area contributed by atoms with Gasteiger partial charge in [0.1, 0.15) is 0 Å². The maximum absolute atomic E-state index is 11.0. The molecular formula is C24H22ClN2O2S-. The molecule has 0 bridgehead atoms. The first kappa shape index (κ1) is 21.8. The number of carbonyl (C=O) groups is 1. The van der Waals surface area contributed by atoms with Gasteiger partial charge in [0.05, 0.1) is 5.97 Å². The van der Waals surface area contributed by atoms with E-state index in [0.29, 0.717) is 23.2 Å². The summed E-state index contributed by atoms with van der Waals surface area (Å²) >= 11 is 11.7. The minimum absolute atomic E-state index is 0.153. The Morgan fingerprint density at radius 1 is 0.900 bits per heavy atom. The van der Waals surface area contributed by atoms with Crippen molar-refractivity contribution in [1.82, 2.24) is 4.90 Å². The molecule has 0 saturated carbocycles. The molecule has 0 fully saturated rings. The van der Waals surface area contributed by atoms with Crippen LogP contribution in [0.2, 0.25) is 5.02 Å². The molecule has 0 radical (unpaired) electrons. The number of halogens is 1. The van der Waals surface area contributed by atoms with Gasteiger partial charge in [-0.25, -0.2) is 0 Å². The monoisotopic (exact) mass is 437 g/mol. The Balaban J connectivity index is 1.78. The van der Waals surface area contributed by atoms with Crippen LogP contribution in [0.15, 0.2) is 72.8 Å². The van der Waals surface area contributed by atoms with E-state index in [4.69, 9.17) is 23.8 Å². The number of carboxylic acids is 1. The molecule has 3 aromatic carbocycles.